The normalized spacial score (nSPS) is 18.4. The Morgan fingerprint density at radius 3 is 2.90 bits per heavy atom. The smallest absolute Gasteiger partial charge is 0.292 e. The molecule has 0 saturated carbocycles. The standard InChI is InChI=1S/C14H19N3O4/c1-15-12-8-10(5-6-13(12)17(19)20)14(18)16-7-3-4-11(9-16)21-2/h5-6,8,11,15H,3-4,7,9H2,1-2H3. The molecule has 0 aliphatic carbocycles. The lowest BCUT2D eigenvalue weighted by Crippen LogP contribution is -2.42. The molecule has 7 heteroatoms. The second kappa shape index (κ2) is 6.53. The molecule has 0 radical (unpaired) electrons. The van der Waals surface area contributed by atoms with Gasteiger partial charge in [-0.05, 0) is 25.0 Å². The average Bonchev–Trinajstić information content (AvgIpc) is 2.53. The Morgan fingerprint density at radius 2 is 2.29 bits per heavy atom. The number of piperidine rings is 1. The predicted molar refractivity (Wildman–Crippen MR) is 78.6 cm³/mol. The van der Waals surface area contributed by atoms with Crippen LogP contribution in [0, 0.1) is 10.1 Å². The summed E-state index contributed by atoms with van der Waals surface area (Å²) in [6.07, 6.45) is 1.91. The highest BCUT2D eigenvalue weighted by molar-refractivity contribution is 5.96. The molecule has 1 aromatic carbocycles. The van der Waals surface area contributed by atoms with Gasteiger partial charge < -0.3 is 15.0 Å². The maximum absolute atomic E-state index is 12.5. The summed E-state index contributed by atoms with van der Waals surface area (Å²) in [6.45, 7) is 1.24. The van der Waals surface area contributed by atoms with Gasteiger partial charge in [0.1, 0.15) is 5.69 Å². The van der Waals surface area contributed by atoms with Crippen molar-refractivity contribution in [3.8, 4) is 0 Å². The maximum atomic E-state index is 12.5. The van der Waals surface area contributed by atoms with E-state index in [1.165, 1.54) is 18.2 Å². The number of carbonyl (C=O) groups is 1. The molecule has 1 unspecified atom stereocenters. The van der Waals surface area contributed by atoms with Crippen molar-refractivity contribution in [1.82, 2.24) is 4.90 Å². The fourth-order valence-electron chi connectivity index (χ4n) is 2.53. The number of anilines is 1. The lowest BCUT2D eigenvalue weighted by molar-refractivity contribution is -0.383. The molecule has 0 bridgehead atoms. The van der Waals surface area contributed by atoms with E-state index in [0.717, 1.165) is 12.8 Å². The minimum atomic E-state index is -0.470. The Morgan fingerprint density at radius 1 is 1.52 bits per heavy atom. The number of carbonyl (C=O) groups excluding carboxylic acids is 1. The molecule has 0 aromatic heterocycles. The van der Waals surface area contributed by atoms with Gasteiger partial charge in [-0.3, -0.25) is 14.9 Å². The zero-order chi connectivity index (χ0) is 15.4. The molecule has 7 nitrogen and oxygen atoms in total. The zero-order valence-corrected chi connectivity index (χ0v) is 12.2. The lowest BCUT2D eigenvalue weighted by Gasteiger charge is -2.32. The number of nitrogens with one attached hydrogen (secondary N) is 1. The van der Waals surface area contributed by atoms with Gasteiger partial charge in [0.2, 0.25) is 0 Å². The van der Waals surface area contributed by atoms with Gasteiger partial charge in [0.05, 0.1) is 11.0 Å². The number of hydrogen-bond donors (Lipinski definition) is 1. The average molecular weight is 293 g/mol. The zero-order valence-electron chi connectivity index (χ0n) is 12.2. The first-order valence-electron chi connectivity index (χ1n) is 6.85. The van der Waals surface area contributed by atoms with E-state index in [9.17, 15) is 14.9 Å². The van der Waals surface area contributed by atoms with Crippen molar-refractivity contribution in [3.05, 3.63) is 33.9 Å². The van der Waals surface area contributed by atoms with Crippen LogP contribution in [0.1, 0.15) is 23.2 Å². The van der Waals surface area contributed by atoms with Gasteiger partial charge in [-0.2, -0.15) is 0 Å². The summed E-state index contributed by atoms with van der Waals surface area (Å²) in [4.78, 5) is 24.6. The molecule has 21 heavy (non-hydrogen) atoms. The van der Waals surface area contributed by atoms with Crippen molar-refractivity contribution in [2.24, 2.45) is 0 Å². The monoisotopic (exact) mass is 293 g/mol. The minimum Gasteiger partial charge on any atom is -0.383 e. The second-order valence-corrected chi connectivity index (χ2v) is 4.99. The molecule has 1 N–H and O–H groups in total. The highest BCUT2D eigenvalue weighted by atomic mass is 16.6. The van der Waals surface area contributed by atoms with Crippen LogP contribution in [0.2, 0.25) is 0 Å². The fraction of sp³-hybridized carbons (Fsp3) is 0.500. The molecule has 114 valence electrons. The number of hydrogen-bond acceptors (Lipinski definition) is 5. The first-order valence-corrected chi connectivity index (χ1v) is 6.85. The Bertz CT molecular complexity index is 547. The van der Waals surface area contributed by atoms with Crippen LogP contribution in [0.25, 0.3) is 0 Å². The molecule has 1 saturated heterocycles. The molecule has 1 amide bonds. The van der Waals surface area contributed by atoms with Gasteiger partial charge >= 0.3 is 0 Å². The molecule has 1 heterocycles. The summed E-state index contributed by atoms with van der Waals surface area (Å²) >= 11 is 0. The lowest BCUT2D eigenvalue weighted by atomic mass is 10.1. The Labute approximate surface area is 123 Å². The van der Waals surface area contributed by atoms with Crippen LogP contribution in [-0.2, 0) is 4.74 Å². The molecule has 1 fully saturated rings. The molecule has 1 atom stereocenters. The maximum Gasteiger partial charge on any atom is 0.292 e. The Kier molecular flexibility index (Phi) is 4.74. The third-order valence-corrected chi connectivity index (χ3v) is 3.71. The van der Waals surface area contributed by atoms with Crippen molar-refractivity contribution >= 4 is 17.3 Å². The summed E-state index contributed by atoms with van der Waals surface area (Å²) in [5.41, 5.74) is 0.746. The van der Waals surface area contributed by atoms with Crippen LogP contribution in [0.5, 0.6) is 0 Å². The first-order chi connectivity index (χ1) is 10.1. The number of nitrogens with zero attached hydrogens (tertiary/aromatic N) is 2. The third kappa shape index (κ3) is 3.30. The quantitative estimate of drug-likeness (QED) is 0.677. The molecule has 0 spiro atoms. The van der Waals surface area contributed by atoms with Gasteiger partial charge in [0.15, 0.2) is 0 Å². The van der Waals surface area contributed by atoms with E-state index in [4.69, 9.17) is 4.74 Å². The summed E-state index contributed by atoms with van der Waals surface area (Å²) in [7, 11) is 3.24. The largest absolute Gasteiger partial charge is 0.383 e. The van der Waals surface area contributed by atoms with Crippen LogP contribution >= 0.6 is 0 Å². The number of ether oxygens (including phenoxy) is 1. The van der Waals surface area contributed by atoms with Crippen LogP contribution in [-0.4, -0.2) is 49.1 Å². The van der Waals surface area contributed by atoms with Gasteiger partial charge in [-0.1, -0.05) is 0 Å². The van der Waals surface area contributed by atoms with Gasteiger partial charge in [-0.15, -0.1) is 0 Å². The van der Waals surface area contributed by atoms with Crippen LogP contribution < -0.4 is 5.32 Å². The molecular formula is C14H19N3O4. The van der Waals surface area contributed by atoms with Crippen molar-refractivity contribution in [2.45, 2.75) is 18.9 Å². The number of methoxy groups -OCH3 is 1. The summed E-state index contributed by atoms with van der Waals surface area (Å²) in [5.74, 6) is -0.122. The van der Waals surface area contributed by atoms with Gasteiger partial charge in [0, 0.05) is 38.9 Å². The molecule has 1 aliphatic rings. The summed E-state index contributed by atoms with van der Waals surface area (Å²) in [5, 5.41) is 13.7. The van der Waals surface area contributed by atoms with Crippen molar-refractivity contribution in [3.63, 3.8) is 0 Å². The van der Waals surface area contributed by atoms with Crippen LogP contribution in [0.15, 0.2) is 18.2 Å². The van der Waals surface area contributed by atoms with Crippen molar-refractivity contribution in [1.29, 1.82) is 0 Å². The van der Waals surface area contributed by atoms with E-state index >= 15 is 0 Å². The van der Waals surface area contributed by atoms with Gasteiger partial charge in [0.25, 0.3) is 11.6 Å². The highest BCUT2D eigenvalue weighted by Gasteiger charge is 2.25. The van der Waals surface area contributed by atoms with E-state index in [-0.39, 0.29) is 17.7 Å². The van der Waals surface area contributed by atoms with Crippen LogP contribution in [0.3, 0.4) is 0 Å². The van der Waals surface area contributed by atoms with E-state index < -0.39 is 4.92 Å². The summed E-state index contributed by atoms with van der Waals surface area (Å²) < 4.78 is 5.31. The fourth-order valence-corrected chi connectivity index (χ4v) is 2.53. The third-order valence-electron chi connectivity index (χ3n) is 3.71. The predicted octanol–water partition coefficient (Wildman–Crippen LogP) is 1.89. The SMILES string of the molecule is CNc1cc(C(=O)N2CCCC(OC)C2)ccc1[N+](=O)[O-]. The number of benzene rings is 1. The number of rotatable bonds is 4. The minimum absolute atomic E-state index is 0.0394. The Hall–Kier alpha value is -2.15. The number of likely N-dealkylation sites (tertiary alicyclic amines) is 1. The second-order valence-electron chi connectivity index (χ2n) is 4.99. The molecular weight excluding hydrogens is 274 g/mol. The topological polar surface area (TPSA) is 84.7 Å². The number of nitro benzene ring substituents is 1. The first kappa shape index (κ1) is 15.2. The summed E-state index contributed by atoms with van der Waals surface area (Å²) in [6, 6.07) is 4.38. The molecule has 1 aromatic rings. The van der Waals surface area contributed by atoms with E-state index in [1.807, 2.05) is 0 Å². The van der Waals surface area contributed by atoms with Crippen LogP contribution in [0.4, 0.5) is 11.4 Å². The highest BCUT2D eigenvalue weighted by Crippen LogP contribution is 2.26. The van der Waals surface area contributed by atoms with Crippen molar-refractivity contribution < 1.29 is 14.5 Å². The number of amides is 1. The van der Waals surface area contributed by atoms with Crippen molar-refractivity contribution in [2.75, 3.05) is 32.6 Å². The molecule has 2 rings (SSSR count). The molecule has 1 aliphatic heterocycles. The van der Waals surface area contributed by atoms with E-state index in [2.05, 4.69) is 5.32 Å². The van der Waals surface area contributed by atoms with E-state index in [1.54, 1.807) is 19.1 Å². The Balaban J connectivity index is 2.21. The van der Waals surface area contributed by atoms with E-state index in [0.29, 0.717) is 24.3 Å². The van der Waals surface area contributed by atoms with Gasteiger partial charge in [-0.25, -0.2) is 0 Å². The number of nitro groups is 1.